The summed E-state index contributed by atoms with van der Waals surface area (Å²) in [5.74, 6) is 1.04. The maximum atomic E-state index is 13.3. The van der Waals surface area contributed by atoms with Crippen molar-refractivity contribution in [2.45, 2.75) is 64.1 Å². The van der Waals surface area contributed by atoms with E-state index in [-0.39, 0.29) is 47.7 Å². The summed E-state index contributed by atoms with van der Waals surface area (Å²) in [7, 11) is 0. The Morgan fingerprint density at radius 2 is 1.97 bits per heavy atom. The molecule has 0 aromatic rings. The molecule has 5 aliphatic rings. The zero-order valence-electron chi connectivity index (χ0n) is 19.5. The fourth-order valence-electron chi connectivity index (χ4n) is 7.92. The summed E-state index contributed by atoms with van der Waals surface area (Å²) in [4.78, 5) is 31.9. The first kappa shape index (κ1) is 24.5. The average Bonchev–Trinajstić information content (AvgIpc) is 3.29. The van der Waals surface area contributed by atoms with Gasteiger partial charge < -0.3 is 0 Å². The summed E-state index contributed by atoms with van der Waals surface area (Å²) in [6.45, 7) is 3.77. The van der Waals surface area contributed by atoms with Crippen molar-refractivity contribution in [2.75, 3.05) is 19.1 Å². The van der Waals surface area contributed by atoms with Gasteiger partial charge in [0.1, 0.15) is 6.01 Å². The molecule has 188 valence electrons. The Labute approximate surface area is 201 Å². The van der Waals surface area contributed by atoms with E-state index in [4.69, 9.17) is 4.84 Å². The standard InChI is InChI=1S/C25H31F4NO3S/c1-13-9-19-16(14(2)22(13)31)3-4-18-17(19)5-6-21-20(18)10-15-11-30(8-7-24(27,28)29)33-25(15,21)23(32)34-12-26/h9,15,17-21H,3-8,10-12H2,1-2H3. The number of carbonyl (C=O) groups excluding carboxylic acids is 2. The molecule has 0 spiro atoms. The van der Waals surface area contributed by atoms with Gasteiger partial charge in [-0.1, -0.05) is 23.4 Å². The molecule has 0 aromatic carbocycles. The Balaban J connectivity index is 1.41. The molecule has 7 atom stereocenters. The molecule has 34 heavy (non-hydrogen) atoms. The number of rotatable bonds is 4. The topological polar surface area (TPSA) is 46.6 Å². The van der Waals surface area contributed by atoms with Gasteiger partial charge in [0.2, 0.25) is 5.12 Å². The maximum absolute atomic E-state index is 13.3. The zero-order chi connectivity index (χ0) is 24.4. The first-order valence-corrected chi connectivity index (χ1v) is 13.2. The third-order valence-corrected chi connectivity index (χ3v) is 9.91. The predicted octanol–water partition coefficient (Wildman–Crippen LogP) is 5.65. The normalized spacial score (nSPS) is 39.9. The van der Waals surface area contributed by atoms with E-state index in [0.29, 0.717) is 23.6 Å². The zero-order valence-corrected chi connectivity index (χ0v) is 20.3. The van der Waals surface area contributed by atoms with E-state index >= 15 is 0 Å². The highest BCUT2D eigenvalue weighted by Gasteiger charge is 2.68. The number of fused-ring (bicyclic) bond motifs is 7. The van der Waals surface area contributed by atoms with E-state index < -0.39 is 24.2 Å². The van der Waals surface area contributed by atoms with Crippen LogP contribution in [0.3, 0.4) is 0 Å². The molecule has 0 amide bonds. The van der Waals surface area contributed by atoms with Crippen molar-refractivity contribution in [1.82, 2.24) is 5.06 Å². The molecule has 5 rings (SSSR count). The Morgan fingerprint density at radius 3 is 2.68 bits per heavy atom. The highest BCUT2D eigenvalue weighted by atomic mass is 32.2. The van der Waals surface area contributed by atoms with Gasteiger partial charge in [0.15, 0.2) is 11.4 Å². The van der Waals surface area contributed by atoms with Gasteiger partial charge in [-0.15, -0.1) is 0 Å². The minimum atomic E-state index is -4.30. The number of hydrogen-bond acceptors (Lipinski definition) is 5. The van der Waals surface area contributed by atoms with Crippen molar-refractivity contribution >= 4 is 22.7 Å². The minimum absolute atomic E-state index is 0.108. The van der Waals surface area contributed by atoms with E-state index in [1.165, 1.54) is 10.6 Å². The third kappa shape index (κ3) is 3.81. The van der Waals surface area contributed by atoms with E-state index in [1.807, 2.05) is 13.8 Å². The van der Waals surface area contributed by atoms with Crippen molar-refractivity contribution in [3.8, 4) is 0 Å². The molecule has 0 N–H and O–H groups in total. The molecule has 4 nitrogen and oxygen atoms in total. The number of hydrogen-bond donors (Lipinski definition) is 0. The fourth-order valence-corrected chi connectivity index (χ4v) is 8.60. The maximum Gasteiger partial charge on any atom is 0.390 e. The van der Waals surface area contributed by atoms with Crippen LogP contribution in [0.1, 0.15) is 52.4 Å². The van der Waals surface area contributed by atoms with Crippen LogP contribution in [0.2, 0.25) is 0 Å². The van der Waals surface area contributed by atoms with Crippen molar-refractivity contribution in [1.29, 1.82) is 0 Å². The number of thioether (sulfide) groups is 1. The van der Waals surface area contributed by atoms with Gasteiger partial charge in [-0.2, -0.15) is 18.2 Å². The Morgan fingerprint density at radius 1 is 1.21 bits per heavy atom. The highest BCUT2D eigenvalue weighted by Crippen LogP contribution is 2.64. The molecule has 7 unspecified atom stereocenters. The molecule has 1 aliphatic heterocycles. The summed E-state index contributed by atoms with van der Waals surface area (Å²) < 4.78 is 51.7. The summed E-state index contributed by atoms with van der Waals surface area (Å²) in [6.07, 6.45) is 0.966. The highest BCUT2D eigenvalue weighted by molar-refractivity contribution is 8.13. The van der Waals surface area contributed by atoms with Crippen LogP contribution in [0.15, 0.2) is 22.8 Å². The minimum Gasteiger partial charge on any atom is -0.289 e. The van der Waals surface area contributed by atoms with Crippen molar-refractivity contribution < 1.29 is 32.0 Å². The van der Waals surface area contributed by atoms with Gasteiger partial charge in [0.25, 0.3) is 0 Å². The largest absolute Gasteiger partial charge is 0.390 e. The SMILES string of the molecule is CC1=CC2C(=C(C)C1=O)CCC1C2CCC2C1CC1CN(CCC(F)(F)F)OC12C(=O)SCF. The van der Waals surface area contributed by atoms with Gasteiger partial charge >= 0.3 is 6.18 Å². The number of halogens is 4. The van der Waals surface area contributed by atoms with Crippen LogP contribution in [0, 0.1) is 35.5 Å². The van der Waals surface area contributed by atoms with Crippen molar-refractivity contribution in [2.24, 2.45) is 35.5 Å². The quantitative estimate of drug-likeness (QED) is 0.466. The lowest BCUT2D eigenvalue weighted by molar-refractivity contribution is -0.225. The van der Waals surface area contributed by atoms with Gasteiger partial charge in [-0.25, -0.2) is 4.39 Å². The lowest BCUT2D eigenvalue weighted by Crippen LogP contribution is -2.51. The van der Waals surface area contributed by atoms with E-state index in [2.05, 4.69) is 6.08 Å². The van der Waals surface area contributed by atoms with Gasteiger partial charge in [-0.05, 0) is 74.9 Å². The van der Waals surface area contributed by atoms with Crippen LogP contribution in [0.25, 0.3) is 0 Å². The van der Waals surface area contributed by atoms with Crippen LogP contribution < -0.4 is 0 Å². The second kappa shape index (κ2) is 8.73. The van der Waals surface area contributed by atoms with Crippen LogP contribution in [0.4, 0.5) is 17.6 Å². The van der Waals surface area contributed by atoms with E-state index in [0.717, 1.165) is 43.3 Å². The summed E-state index contributed by atoms with van der Waals surface area (Å²) in [6, 6.07) is -0.865. The second-order valence-electron chi connectivity index (χ2n) is 10.7. The molecular formula is C25H31F4NO3S. The van der Waals surface area contributed by atoms with E-state index in [9.17, 15) is 27.2 Å². The number of hydroxylamine groups is 2. The van der Waals surface area contributed by atoms with Crippen molar-refractivity contribution in [3.05, 3.63) is 22.8 Å². The van der Waals surface area contributed by atoms with Crippen molar-refractivity contribution in [3.63, 3.8) is 0 Å². The number of Topliss-reactive ketones (excluding diaryl/α,β-unsaturated/α-hetero) is 1. The van der Waals surface area contributed by atoms with Gasteiger partial charge in [0.05, 0.1) is 6.42 Å². The molecule has 1 saturated heterocycles. The van der Waals surface area contributed by atoms with Gasteiger partial charge in [-0.3, -0.25) is 14.4 Å². The molecule has 4 fully saturated rings. The molecule has 3 saturated carbocycles. The lowest BCUT2D eigenvalue weighted by Gasteiger charge is -2.50. The first-order chi connectivity index (χ1) is 16.1. The van der Waals surface area contributed by atoms with Crippen LogP contribution >= 0.6 is 11.8 Å². The summed E-state index contributed by atoms with van der Waals surface area (Å²) >= 11 is 0.592. The molecular weight excluding hydrogens is 470 g/mol. The number of ketones is 1. The van der Waals surface area contributed by atoms with E-state index in [1.54, 1.807) is 0 Å². The summed E-state index contributed by atoms with van der Waals surface area (Å²) in [5, 5.41) is 0.938. The summed E-state index contributed by atoms with van der Waals surface area (Å²) in [5.41, 5.74) is 1.70. The number of nitrogens with zero attached hydrogens (tertiary/aromatic N) is 1. The van der Waals surface area contributed by atoms with Crippen LogP contribution in [0.5, 0.6) is 0 Å². The lowest BCUT2D eigenvalue weighted by atomic mass is 9.55. The Hall–Kier alpha value is -1.19. The second-order valence-corrected chi connectivity index (χ2v) is 11.6. The first-order valence-electron chi connectivity index (χ1n) is 12.2. The molecule has 0 bridgehead atoms. The molecule has 0 aromatic heterocycles. The smallest absolute Gasteiger partial charge is 0.289 e. The number of allylic oxidation sites excluding steroid dienone is 4. The number of alkyl halides is 4. The molecule has 1 heterocycles. The molecule has 0 radical (unpaired) electrons. The Bertz CT molecular complexity index is 947. The van der Waals surface area contributed by atoms with Crippen LogP contribution in [-0.2, 0) is 14.4 Å². The number of carbonyl (C=O) groups is 2. The molecule has 9 heteroatoms. The van der Waals surface area contributed by atoms with Crippen LogP contribution in [-0.4, -0.2) is 46.8 Å². The monoisotopic (exact) mass is 501 g/mol. The fraction of sp³-hybridized carbons (Fsp3) is 0.760. The van der Waals surface area contributed by atoms with Gasteiger partial charge in [0, 0.05) is 30.8 Å². The third-order valence-electron chi connectivity index (χ3n) is 9.22. The predicted molar refractivity (Wildman–Crippen MR) is 120 cm³/mol. The molecule has 4 aliphatic carbocycles. The average molecular weight is 502 g/mol. The Kier molecular flexibility index (Phi) is 6.29.